The number of aryl methyl sites for hydroxylation is 1. The molecule has 1 fully saturated rings. The lowest BCUT2D eigenvalue weighted by atomic mass is 10.3. The second kappa shape index (κ2) is 5.45. The van der Waals surface area contributed by atoms with Gasteiger partial charge < -0.3 is 15.0 Å². The van der Waals surface area contributed by atoms with Gasteiger partial charge in [0.25, 0.3) is 0 Å². The number of nitrogen functional groups attached to an aromatic ring is 1. The monoisotopic (exact) mass is 283 g/mol. The third-order valence-electron chi connectivity index (χ3n) is 3.56. The third-order valence-corrected chi connectivity index (χ3v) is 4.96. The molecule has 0 amide bonds. The van der Waals surface area contributed by atoms with Crippen molar-refractivity contribution in [1.29, 1.82) is 0 Å². The van der Waals surface area contributed by atoms with Crippen LogP contribution in [0, 0.1) is 0 Å². The van der Waals surface area contributed by atoms with Gasteiger partial charge in [-0.05, 0) is 26.0 Å². The lowest BCUT2D eigenvalue weighted by Crippen LogP contribution is -2.18. The van der Waals surface area contributed by atoms with Crippen molar-refractivity contribution in [3.05, 3.63) is 11.5 Å². The number of nitrogens with two attached hydrogens (primary N) is 1. The minimum absolute atomic E-state index is 0.260. The number of esters is 1. The molecule has 0 aromatic carbocycles. The Morgan fingerprint density at radius 2 is 2.21 bits per heavy atom. The van der Waals surface area contributed by atoms with Crippen molar-refractivity contribution in [3.8, 4) is 0 Å². The molecule has 2 N–H and O–H groups in total. The van der Waals surface area contributed by atoms with Crippen LogP contribution in [0.15, 0.2) is 0 Å². The molecule has 6 heteroatoms. The van der Waals surface area contributed by atoms with Gasteiger partial charge >= 0.3 is 5.97 Å². The van der Waals surface area contributed by atoms with Crippen LogP contribution in [0.3, 0.4) is 0 Å². The standard InChI is InChI=1S/C13H21N3O2S/c1-4-9-15-10(12(17)18-5-2)11(14)16(9)8-13(19-3)6-7-13/h4-8,14H2,1-3H3. The Kier molecular flexibility index (Phi) is 4.08. The fourth-order valence-corrected chi connectivity index (χ4v) is 2.93. The topological polar surface area (TPSA) is 70.1 Å². The number of aromatic nitrogens is 2. The largest absolute Gasteiger partial charge is 0.461 e. The van der Waals surface area contributed by atoms with Crippen molar-refractivity contribution in [2.75, 3.05) is 18.6 Å². The zero-order valence-electron chi connectivity index (χ0n) is 11.7. The van der Waals surface area contributed by atoms with Gasteiger partial charge in [-0.1, -0.05) is 6.92 Å². The number of hydrogen-bond acceptors (Lipinski definition) is 5. The predicted molar refractivity (Wildman–Crippen MR) is 77.5 cm³/mol. The van der Waals surface area contributed by atoms with E-state index in [9.17, 15) is 4.79 Å². The fourth-order valence-electron chi connectivity index (χ4n) is 2.16. The maximum atomic E-state index is 11.8. The molecule has 106 valence electrons. The van der Waals surface area contributed by atoms with E-state index in [1.165, 1.54) is 12.8 Å². The van der Waals surface area contributed by atoms with Gasteiger partial charge in [0.1, 0.15) is 11.6 Å². The second-order valence-electron chi connectivity index (χ2n) is 4.81. The van der Waals surface area contributed by atoms with Gasteiger partial charge in [0.05, 0.1) is 6.61 Å². The van der Waals surface area contributed by atoms with E-state index in [4.69, 9.17) is 10.5 Å². The SMILES string of the molecule is CCOC(=O)c1nc(CC)n(CC2(SC)CC2)c1N. The van der Waals surface area contributed by atoms with E-state index in [1.54, 1.807) is 6.92 Å². The van der Waals surface area contributed by atoms with Gasteiger partial charge in [0.15, 0.2) is 5.69 Å². The molecule has 1 aliphatic rings. The van der Waals surface area contributed by atoms with E-state index in [2.05, 4.69) is 11.2 Å². The van der Waals surface area contributed by atoms with Gasteiger partial charge in [-0.3, -0.25) is 0 Å². The molecule has 0 spiro atoms. The Labute approximate surface area is 117 Å². The molecule has 2 rings (SSSR count). The lowest BCUT2D eigenvalue weighted by molar-refractivity contribution is 0.0521. The normalized spacial score (nSPS) is 16.4. The number of ether oxygens (including phenoxy) is 1. The highest BCUT2D eigenvalue weighted by atomic mass is 32.2. The Balaban J connectivity index is 2.29. The molecule has 1 heterocycles. The number of carbonyl (C=O) groups is 1. The average molecular weight is 283 g/mol. The average Bonchev–Trinajstić information content (AvgIpc) is 3.11. The van der Waals surface area contributed by atoms with Gasteiger partial charge in [0.2, 0.25) is 0 Å². The first-order valence-electron chi connectivity index (χ1n) is 6.64. The number of anilines is 1. The van der Waals surface area contributed by atoms with E-state index in [-0.39, 0.29) is 10.4 Å². The maximum absolute atomic E-state index is 11.8. The van der Waals surface area contributed by atoms with Crippen LogP contribution >= 0.6 is 11.8 Å². The number of imidazole rings is 1. The molecular weight excluding hydrogens is 262 g/mol. The number of thioether (sulfide) groups is 1. The molecule has 0 bridgehead atoms. The van der Waals surface area contributed by atoms with E-state index >= 15 is 0 Å². The van der Waals surface area contributed by atoms with Crippen LogP contribution in [-0.4, -0.2) is 33.1 Å². The highest BCUT2D eigenvalue weighted by Gasteiger charge is 2.43. The van der Waals surface area contributed by atoms with E-state index in [1.807, 2.05) is 23.3 Å². The lowest BCUT2D eigenvalue weighted by Gasteiger charge is -2.16. The maximum Gasteiger partial charge on any atom is 0.360 e. The summed E-state index contributed by atoms with van der Waals surface area (Å²) in [4.78, 5) is 16.2. The molecule has 0 radical (unpaired) electrons. The van der Waals surface area contributed by atoms with Crippen molar-refractivity contribution < 1.29 is 9.53 Å². The number of rotatable bonds is 6. The molecule has 0 unspecified atom stereocenters. The summed E-state index contributed by atoms with van der Waals surface area (Å²) in [7, 11) is 0. The van der Waals surface area contributed by atoms with Gasteiger partial charge in [-0.2, -0.15) is 11.8 Å². The Hall–Kier alpha value is -1.17. The summed E-state index contributed by atoms with van der Waals surface area (Å²) < 4.78 is 7.26. The zero-order valence-corrected chi connectivity index (χ0v) is 12.5. The quantitative estimate of drug-likeness (QED) is 0.810. The first kappa shape index (κ1) is 14.2. The first-order chi connectivity index (χ1) is 9.06. The molecule has 0 saturated heterocycles. The van der Waals surface area contributed by atoms with Gasteiger partial charge in [-0.15, -0.1) is 0 Å². The van der Waals surface area contributed by atoms with Crippen molar-refractivity contribution in [3.63, 3.8) is 0 Å². The van der Waals surface area contributed by atoms with Crippen LogP contribution in [0.5, 0.6) is 0 Å². The van der Waals surface area contributed by atoms with Crippen LogP contribution in [0.1, 0.15) is 43.0 Å². The molecule has 1 aliphatic carbocycles. The van der Waals surface area contributed by atoms with Crippen molar-refractivity contribution >= 4 is 23.5 Å². The van der Waals surface area contributed by atoms with Crippen LogP contribution in [0.2, 0.25) is 0 Å². The molecule has 1 aromatic heterocycles. The summed E-state index contributed by atoms with van der Waals surface area (Å²) in [5, 5.41) is 0. The van der Waals surface area contributed by atoms with Crippen LogP contribution in [0.4, 0.5) is 5.82 Å². The smallest absolute Gasteiger partial charge is 0.360 e. The number of hydrogen-bond donors (Lipinski definition) is 1. The van der Waals surface area contributed by atoms with E-state index in [0.717, 1.165) is 18.8 Å². The first-order valence-corrected chi connectivity index (χ1v) is 7.86. The molecule has 0 atom stereocenters. The molecule has 5 nitrogen and oxygen atoms in total. The molecule has 0 aliphatic heterocycles. The fraction of sp³-hybridized carbons (Fsp3) is 0.692. The Morgan fingerprint density at radius 1 is 1.53 bits per heavy atom. The zero-order chi connectivity index (χ0) is 14.0. The minimum atomic E-state index is -0.428. The molecule has 1 aromatic rings. The summed E-state index contributed by atoms with van der Waals surface area (Å²) in [6, 6.07) is 0. The number of nitrogens with zero attached hydrogens (tertiary/aromatic N) is 2. The van der Waals surface area contributed by atoms with E-state index in [0.29, 0.717) is 12.4 Å². The Bertz CT molecular complexity index is 480. The van der Waals surface area contributed by atoms with Crippen LogP contribution in [0.25, 0.3) is 0 Å². The van der Waals surface area contributed by atoms with Gasteiger partial charge in [-0.25, -0.2) is 9.78 Å². The summed E-state index contributed by atoms with van der Waals surface area (Å²) in [6.07, 6.45) is 5.28. The minimum Gasteiger partial charge on any atom is -0.461 e. The third kappa shape index (κ3) is 2.73. The Morgan fingerprint density at radius 3 is 2.68 bits per heavy atom. The highest BCUT2D eigenvalue weighted by molar-refractivity contribution is 8.00. The molecule has 1 saturated carbocycles. The summed E-state index contributed by atoms with van der Waals surface area (Å²) in [5.41, 5.74) is 6.35. The van der Waals surface area contributed by atoms with E-state index < -0.39 is 5.97 Å². The van der Waals surface area contributed by atoms with Crippen LogP contribution in [-0.2, 0) is 17.7 Å². The van der Waals surface area contributed by atoms with Crippen molar-refractivity contribution in [2.45, 2.75) is 44.4 Å². The summed E-state index contributed by atoms with van der Waals surface area (Å²) >= 11 is 1.87. The second-order valence-corrected chi connectivity index (χ2v) is 6.08. The summed E-state index contributed by atoms with van der Waals surface area (Å²) in [5.74, 6) is 0.874. The number of carbonyl (C=O) groups excluding carboxylic acids is 1. The molecular formula is C13H21N3O2S. The molecule has 19 heavy (non-hydrogen) atoms. The van der Waals surface area contributed by atoms with Crippen LogP contribution < -0.4 is 5.73 Å². The van der Waals surface area contributed by atoms with Crippen molar-refractivity contribution in [1.82, 2.24) is 9.55 Å². The predicted octanol–water partition coefficient (Wildman–Crippen LogP) is 2.10. The summed E-state index contributed by atoms with van der Waals surface area (Å²) in [6.45, 7) is 4.96. The highest BCUT2D eigenvalue weighted by Crippen LogP contribution is 2.49. The van der Waals surface area contributed by atoms with Gasteiger partial charge in [0, 0.05) is 17.7 Å². The van der Waals surface area contributed by atoms with Crippen molar-refractivity contribution in [2.24, 2.45) is 0 Å².